The van der Waals surface area contributed by atoms with Crippen molar-refractivity contribution in [2.45, 2.75) is 49.5 Å². The molecule has 0 spiro atoms. The van der Waals surface area contributed by atoms with Crippen LogP contribution in [0.25, 0.3) is 0 Å². The number of anilines is 1. The average Bonchev–Trinajstić information content (AvgIpc) is 3.47. The van der Waals surface area contributed by atoms with Crippen molar-refractivity contribution in [1.82, 2.24) is 9.21 Å². The van der Waals surface area contributed by atoms with Gasteiger partial charge in [-0.2, -0.15) is 4.31 Å². The lowest BCUT2D eigenvalue weighted by atomic mass is 10.2. The predicted molar refractivity (Wildman–Crippen MR) is 120 cm³/mol. The van der Waals surface area contributed by atoms with E-state index >= 15 is 0 Å². The molecule has 2 aliphatic rings. The van der Waals surface area contributed by atoms with Crippen LogP contribution in [-0.2, 0) is 26.0 Å². The molecule has 1 N–H and O–H groups in total. The minimum atomic E-state index is -3.57. The fourth-order valence-electron chi connectivity index (χ4n) is 4.22. The molecule has 3 heterocycles. The molecule has 0 aliphatic carbocycles. The largest absolute Gasteiger partial charge is 0.330 e. The fraction of sp³-hybridized carbons (Fsp3) is 0.455. The SMILES string of the molecule is O=C(Nc1cccc(S(=O)(=O)N2CCCCC2)c1)C1CCCN1C(=O)Cc1cccs1. The molecule has 1 aromatic heterocycles. The number of likely N-dealkylation sites (tertiary alicyclic amines) is 1. The lowest BCUT2D eigenvalue weighted by Crippen LogP contribution is -2.43. The Balaban J connectivity index is 1.44. The third-order valence-corrected chi connectivity index (χ3v) is 8.61. The summed E-state index contributed by atoms with van der Waals surface area (Å²) >= 11 is 1.53. The average molecular weight is 462 g/mol. The quantitative estimate of drug-likeness (QED) is 0.716. The standard InChI is InChI=1S/C22H27N3O4S2/c26-21(16-18-8-6-14-30-18)25-13-5-10-20(25)22(27)23-17-7-4-9-19(15-17)31(28,29)24-11-2-1-3-12-24/h4,6-9,14-15,20H,1-3,5,10-13,16H2,(H,23,27). The first-order valence-electron chi connectivity index (χ1n) is 10.7. The highest BCUT2D eigenvalue weighted by atomic mass is 32.2. The number of carbonyl (C=O) groups is 2. The first kappa shape index (κ1) is 22.0. The highest BCUT2D eigenvalue weighted by Gasteiger charge is 2.34. The van der Waals surface area contributed by atoms with Crippen molar-refractivity contribution in [2.24, 2.45) is 0 Å². The number of hydrogen-bond donors (Lipinski definition) is 1. The van der Waals surface area contributed by atoms with Gasteiger partial charge in [-0.15, -0.1) is 11.3 Å². The van der Waals surface area contributed by atoms with E-state index in [4.69, 9.17) is 0 Å². The number of sulfonamides is 1. The molecule has 31 heavy (non-hydrogen) atoms. The molecule has 2 aromatic rings. The van der Waals surface area contributed by atoms with Crippen LogP contribution in [0.1, 0.15) is 37.0 Å². The molecule has 0 radical (unpaired) electrons. The van der Waals surface area contributed by atoms with Crippen LogP contribution < -0.4 is 5.32 Å². The lowest BCUT2D eigenvalue weighted by Gasteiger charge is -2.26. The van der Waals surface area contributed by atoms with Gasteiger partial charge in [0.1, 0.15) is 6.04 Å². The summed E-state index contributed by atoms with van der Waals surface area (Å²) in [5.41, 5.74) is 0.431. The topological polar surface area (TPSA) is 86.8 Å². The zero-order chi connectivity index (χ0) is 21.8. The van der Waals surface area contributed by atoms with Gasteiger partial charge in [-0.05, 0) is 55.3 Å². The smallest absolute Gasteiger partial charge is 0.247 e. The molecular formula is C22H27N3O4S2. The van der Waals surface area contributed by atoms with Crippen molar-refractivity contribution in [3.8, 4) is 0 Å². The van der Waals surface area contributed by atoms with Crippen molar-refractivity contribution < 1.29 is 18.0 Å². The van der Waals surface area contributed by atoms with Gasteiger partial charge in [0, 0.05) is 30.2 Å². The number of nitrogens with one attached hydrogen (secondary N) is 1. The van der Waals surface area contributed by atoms with E-state index in [1.54, 1.807) is 23.1 Å². The van der Waals surface area contributed by atoms with E-state index in [1.165, 1.54) is 21.7 Å². The summed E-state index contributed by atoms with van der Waals surface area (Å²) in [5, 5.41) is 4.76. The zero-order valence-corrected chi connectivity index (χ0v) is 19.0. The molecular weight excluding hydrogens is 434 g/mol. The molecule has 2 amide bonds. The monoisotopic (exact) mass is 461 g/mol. The van der Waals surface area contributed by atoms with E-state index in [2.05, 4.69) is 5.32 Å². The van der Waals surface area contributed by atoms with E-state index in [9.17, 15) is 18.0 Å². The van der Waals surface area contributed by atoms with Crippen molar-refractivity contribution in [3.63, 3.8) is 0 Å². The minimum absolute atomic E-state index is 0.0541. The molecule has 0 bridgehead atoms. The maximum Gasteiger partial charge on any atom is 0.247 e. The van der Waals surface area contributed by atoms with E-state index < -0.39 is 16.1 Å². The summed E-state index contributed by atoms with van der Waals surface area (Å²) in [6.07, 6.45) is 4.46. The number of thiophene rings is 1. The van der Waals surface area contributed by atoms with Crippen LogP contribution in [0.15, 0.2) is 46.7 Å². The Bertz CT molecular complexity index is 1030. The molecule has 2 aliphatic heterocycles. The Labute approximate surface area is 187 Å². The van der Waals surface area contributed by atoms with Crippen LogP contribution in [0.5, 0.6) is 0 Å². The van der Waals surface area contributed by atoms with Crippen LogP contribution >= 0.6 is 11.3 Å². The predicted octanol–water partition coefficient (Wildman–Crippen LogP) is 3.09. The maximum absolute atomic E-state index is 12.9. The van der Waals surface area contributed by atoms with Crippen LogP contribution in [0, 0.1) is 0 Å². The van der Waals surface area contributed by atoms with E-state index in [-0.39, 0.29) is 16.7 Å². The second kappa shape index (κ2) is 9.50. The van der Waals surface area contributed by atoms with Gasteiger partial charge < -0.3 is 10.2 Å². The molecule has 1 atom stereocenters. The van der Waals surface area contributed by atoms with Crippen LogP contribution in [0.2, 0.25) is 0 Å². The number of benzene rings is 1. The van der Waals surface area contributed by atoms with Gasteiger partial charge >= 0.3 is 0 Å². The molecule has 2 saturated heterocycles. The van der Waals surface area contributed by atoms with Gasteiger partial charge in [-0.25, -0.2) is 8.42 Å². The number of carbonyl (C=O) groups excluding carboxylic acids is 2. The molecule has 7 nitrogen and oxygen atoms in total. The van der Waals surface area contributed by atoms with Crippen molar-refractivity contribution >= 4 is 38.9 Å². The number of rotatable bonds is 6. The molecule has 1 unspecified atom stereocenters. The number of amides is 2. The summed E-state index contributed by atoms with van der Waals surface area (Å²) in [4.78, 5) is 28.4. The van der Waals surface area contributed by atoms with Crippen molar-refractivity contribution in [1.29, 1.82) is 0 Å². The molecule has 2 fully saturated rings. The summed E-state index contributed by atoms with van der Waals surface area (Å²) in [6.45, 7) is 1.62. The molecule has 9 heteroatoms. The Kier molecular flexibility index (Phi) is 6.74. The molecule has 166 valence electrons. The van der Waals surface area contributed by atoms with Crippen LogP contribution in [-0.4, -0.2) is 55.1 Å². The highest BCUT2D eigenvalue weighted by molar-refractivity contribution is 7.89. The lowest BCUT2D eigenvalue weighted by molar-refractivity contribution is -0.136. The Morgan fingerprint density at radius 2 is 1.84 bits per heavy atom. The van der Waals surface area contributed by atoms with Crippen molar-refractivity contribution in [3.05, 3.63) is 46.7 Å². The second-order valence-electron chi connectivity index (χ2n) is 7.98. The van der Waals surface area contributed by atoms with Gasteiger partial charge in [-0.3, -0.25) is 9.59 Å². The number of hydrogen-bond acceptors (Lipinski definition) is 5. The third-order valence-electron chi connectivity index (χ3n) is 5.84. The minimum Gasteiger partial charge on any atom is -0.330 e. The number of piperidine rings is 1. The van der Waals surface area contributed by atoms with Gasteiger partial charge in [-0.1, -0.05) is 18.6 Å². The molecule has 0 saturated carbocycles. The van der Waals surface area contributed by atoms with E-state index in [1.807, 2.05) is 17.5 Å². The highest BCUT2D eigenvalue weighted by Crippen LogP contribution is 2.25. The first-order valence-corrected chi connectivity index (χ1v) is 13.0. The zero-order valence-electron chi connectivity index (χ0n) is 17.3. The number of nitrogens with zero attached hydrogens (tertiary/aromatic N) is 2. The van der Waals surface area contributed by atoms with Gasteiger partial charge in [0.2, 0.25) is 21.8 Å². The summed E-state index contributed by atoms with van der Waals surface area (Å²) in [6, 6.07) is 9.69. The maximum atomic E-state index is 12.9. The van der Waals surface area contributed by atoms with Crippen LogP contribution in [0.4, 0.5) is 5.69 Å². The Hall–Kier alpha value is -2.23. The summed E-state index contributed by atoms with van der Waals surface area (Å²) in [7, 11) is -3.57. The Morgan fingerprint density at radius 3 is 2.58 bits per heavy atom. The van der Waals surface area contributed by atoms with Gasteiger partial charge in [0.15, 0.2) is 0 Å². The Morgan fingerprint density at radius 1 is 1.03 bits per heavy atom. The van der Waals surface area contributed by atoms with Crippen molar-refractivity contribution in [2.75, 3.05) is 25.0 Å². The summed E-state index contributed by atoms with van der Waals surface area (Å²) in [5.74, 6) is -0.328. The van der Waals surface area contributed by atoms with E-state index in [0.717, 1.165) is 30.6 Å². The second-order valence-corrected chi connectivity index (χ2v) is 11.0. The van der Waals surface area contributed by atoms with Gasteiger partial charge in [0.05, 0.1) is 11.3 Å². The third kappa shape index (κ3) is 4.99. The summed E-state index contributed by atoms with van der Waals surface area (Å²) < 4.78 is 27.4. The van der Waals surface area contributed by atoms with Gasteiger partial charge in [0.25, 0.3) is 0 Å². The molecule has 1 aromatic carbocycles. The van der Waals surface area contributed by atoms with Crippen LogP contribution in [0.3, 0.4) is 0 Å². The molecule has 4 rings (SSSR count). The normalized spacial score (nSPS) is 20.0. The fourth-order valence-corrected chi connectivity index (χ4v) is 6.48. The van der Waals surface area contributed by atoms with E-state index in [0.29, 0.717) is 38.2 Å². The first-order chi connectivity index (χ1) is 14.9.